The highest BCUT2D eigenvalue weighted by atomic mass is 32.2. The quantitative estimate of drug-likeness (QED) is 0.825. The lowest BCUT2D eigenvalue weighted by Crippen LogP contribution is -2.37. The fourth-order valence-corrected chi connectivity index (χ4v) is 2.61. The van der Waals surface area contributed by atoms with Crippen LogP contribution in [0.1, 0.15) is 19.8 Å². The smallest absolute Gasteiger partial charge is 0.243 e. The zero-order valence-electron chi connectivity index (χ0n) is 9.99. The van der Waals surface area contributed by atoms with Crippen LogP contribution in [0, 0.1) is 11.6 Å². The lowest BCUT2D eigenvalue weighted by atomic mass is 10.2. The van der Waals surface area contributed by atoms with Crippen molar-refractivity contribution in [3.05, 3.63) is 29.8 Å². The van der Waals surface area contributed by atoms with Crippen molar-refractivity contribution in [2.24, 2.45) is 5.73 Å². The molecule has 3 N–H and O–H groups in total. The Morgan fingerprint density at radius 1 is 1.39 bits per heavy atom. The van der Waals surface area contributed by atoms with Gasteiger partial charge in [-0.2, -0.15) is 0 Å². The van der Waals surface area contributed by atoms with Gasteiger partial charge in [0.25, 0.3) is 0 Å². The SMILES string of the molecule is CCCC(N)CNS(=O)(=O)c1ccc(F)cc1F. The zero-order chi connectivity index (χ0) is 13.8. The second-order valence-electron chi connectivity index (χ2n) is 3.98. The monoisotopic (exact) mass is 278 g/mol. The van der Waals surface area contributed by atoms with Crippen LogP contribution >= 0.6 is 0 Å². The molecule has 0 aliphatic carbocycles. The summed E-state index contributed by atoms with van der Waals surface area (Å²) in [5, 5.41) is 0. The van der Waals surface area contributed by atoms with Crippen LogP contribution in [0.15, 0.2) is 23.1 Å². The first-order valence-electron chi connectivity index (χ1n) is 5.57. The Bertz CT molecular complexity index is 506. The third-order valence-corrected chi connectivity index (χ3v) is 3.84. The van der Waals surface area contributed by atoms with Crippen molar-refractivity contribution in [2.75, 3.05) is 6.54 Å². The normalized spacial score (nSPS) is 13.6. The fourth-order valence-electron chi connectivity index (χ4n) is 1.46. The van der Waals surface area contributed by atoms with Crippen LogP contribution in [0.5, 0.6) is 0 Å². The summed E-state index contributed by atoms with van der Waals surface area (Å²) in [4.78, 5) is -0.576. The van der Waals surface area contributed by atoms with Gasteiger partial charge in [-0.15, -0.1) is 0 Å². The second-order valence-corrected chi connectivity index (χ2v) is 5.71. The minimum atomic E-state index is -3.99. The molecule has 0 saturated heterocycles. The molecule has 1 unspecified atom stereocenters. The van der Waals surface area contributed by atoms with Crippen LogP contribution in [0.2, 0.25) is 0 Å². The first-order chi connectivity index (χ1) is 8.36. The van der Waals surface area contributed by atoms with Gasteiger partial charge in [0.15, 0.2) is 0 Å². The van der Waals surface area contributed by atoms with Gasteiger partial charge < -0.3 is 5.73 Å². The van der Waals surface area contributed by atoms with Gasteiger partial charge in [0, 0.05) is 18.7 Å². The average Bonchev–Trinajstić information content (AvgIpc) is 2.26. The Morgan fingerprint density at radius 2 is 2.06 bits per heavy atom. The van der Waals surface area contributed by atoms with Crippen molar-refractivity contribution in [1.82, 2.24) is 4.72 Å². The predicted octanol–water partition coefficient (Wildman–Crippen LogP) is 1.37. The van der Waals surface area contributed by atoms with Crippen LogP contribution in [0.4, 0.5) is 8.78 Å². The molecule has 0 aliphatic heterocycles. The predicted molar refractivity (Wildman–Crippen MR) is 64.4 cm³/mol. The van der Waals surface area contributed by atoms with E-state index in [1.165, 1.54) is 0 Å². The average molecular weight is 278 g/mol. The van der Waals surface area contributed by atoms with E-state index in [1.807, 2.05) is 6.92 Å². The molecule has 0 aromatic heterocycles. The summed E-state index contributed by atoms with van der Waals surface area (Å²) < 4.78 is 51.7. The van der Waals surface area contributed by atoms with Crippen LogP contribution in [0.25, 0.3) is 0 Å². The molecule has 0 heterocycles. The number of nitrogens with one attached hydrogen (secondary N) is 1. The maximum atomic E-state index is 13.3. The summed E-state index contributed by atoms with van der Waals surface area (Å²) in [6.45, 7) is 1.95. The zero-order valence-corrected chi connectivity index (χ0v) is 10.8. The number of hydrogen-bond acceptors (Lipinski definition) is 3. The van der Waals surface area contributed by atoms with E-state index in [0.29, 0.717) is 12.5 Å². The van der Waals surface area contributed by atoms with Gasteiger partial charge in [-0.25, -0.2) is 21.9 Å². The van der Waals surface area contributed by atoms with Crippen molar-refractivity contribution in [1.29, 1.82) is 0 Å². The molecule has 0 bridgehead atoms. The summed E-state index contributed by atoms with van der Waals surface area (Å²) in [5.74, 6) is -1.94. The molecule has 1 aromatic carbocycles. The number of sulfonamides is 1. The van der Waals surface area contributed by atoms with Crippen molar-refractivity contribution in [2.45, 2.75) is 30.7 Å². The van der Waals surface area contributed by atoms with Crippen LogP contribution < -0.4 is 10.5 Å². The van der Waals surface area contributed by atoms with Gasteiger partial charge in [-0.3, -0.25) is 0 Å². The summed E-state index contributed by atoms with van der Waals surface area (Å²) in [5.41, 5.74) is 5.65. The van der Waals surface area contributed by atoms with Crippen LogP contribution in [0.3, 0.4) is 0 Å². The first kappa shape index (κ1) is 15.0. The Balaban J connectivity index is 2.80. The van der Waals surface area contributed by atoms with Crippen molar-refractivity contribution < 1.29 is 17.2 Å². The van der Waals surface area contributed by atoms with Crippen LogP contribution in [-0.4, -0.2) is 21.0 Å². The van der Waals surface area contributed by atoms with E-state index in [0.717, 1.165) is 18.6 Å². The van der Waals surface area contributed by atoms with Gasteiger partial charge in [-0.05, 0) is 18.6 Å². The van der Waals surface area contributed by atoms with E-state index in [1.54, 1.807) is 0 Å². The molecule has 0 amide bonds. The summed E-state index contributed by atoms with van der Waals surface area (Å²) in [6, 6.07) is 1.98. The molecule has 1 aromatic rings. The molecule has 18 heavy (non-hydrogen) atoms. The molecule has 4 nitrogen and oxygen atoms in total. The molecular weight excluding hydrogens is 262 g/mol. The van der Waals surface area contributed by atoms with E-state index >= 15 is 0 Å². The van der Waals surface area contributed by atoms with Crippen molar-refractivity contribution in [3.8, 4) is 0 Å². The molecule has 0 saturated carbocycles. The highest BCUT2D eigenvalue weighted by molar-refractivity contribution is 7.89. The van der Waals surface area contributed by atoms with E-state index in [9.17, 15) is 17.2 Å². The topological polar surface area (TPSA) is 72.2 Å². The lowest BCUT2D eigenvalue weighted by Gasteiger charge is -2.12. The Hall–Kier alpha value is -1.05. The van der Waals surface area contributed by atoms with Gasteiger partial charge in [0.1, 0.15) is 16.5 Å². The van der Waals surface area contributed by atoms with E-state index < -0.39 is 26.6 Å². The molecule has 1 rings (SSSR count). The standard InChI is InChI=1S/C11H16F2N2O2S/c1-2-3-9(14)7-15-18(16,17)11-5-4-8(12)6-10(11)13/h4-6,9,15H,2-3,7,14H2,1H3. The first-order valence-corrected chi connectivity index (χ1v) is 7.05. The van der Waals surface area contributed by atoms with Gasteiger partial charge in [-0.1, -0.05) is 13.3 Å². The molecule has 0 radical (unpaired) electrons. The molecule has 7 heteroatoms. The Kier molecular flexibility index (Phi) is 5.18. The highest BCUT2D eigenvalue weighted by Gasteiger charge is 2.19. The van der Waals surface area contributed by atoms with Gasteiger partial charge in [0.05, 0.1) is 0 Å². The minimum absolute atomic E-state index is 0.0208. The summed E-state index contributed by atoms with van der Waals surface area (Å²) in [6.07, 6.45) is 1.49. The number of rotatable bonds is 6. The third kappa shape index (κ3) is 4.01. The Morgan fingerprint density at radius 3 is 2.61 bits per heavy atom. The van der Waals surface area contributed by atoms with Gasteiger partial charge in [0.2, 0.25) is 10.0 Å². The van der Waals surface area contributed by atoms with E-state index in [2.05, 4.69) is 4.72 Å². The second kappa shape index (κ2) is 6.21. The Labute approximate surface area is 105 Å². The number of hydrogen-bond donors (Lipinski definition) is 2. The summed E-state index contributed by atoms with van der Waals surface area (Å²) in [7, 11) is -3.99. The molecule has 102 valence electrons. The van der Waals surface area contributed by atoms with Crippen LogP contribution in [-0.2, 0) is 10.0 Å². The third-order valence-electron chi connectivity index (χ3n) is 2.38. The number of benzene rings is 1. The van der Waals surface area contributed by atoms with Crippen molar-refractivity contribution in [3.63, 3.8) is 0 Å². The molecule has 0 fully saturated rings. The minimum Gasteiger partial charge on any atom is -0.327 e. The molecule has 1 atom stereocenters. The molecule has 0 aliphatic rings. The fraction of sp³-hybridized carbons (Fsp3) is 0.455. The highest BCUT2D eigenvalue weighted by Crippen LogP contribution is 2.15. The number of nitrogens with two attached hydrogens (primary N) is 1. The number of halogens is 2. The lowest BCUT2D eigenvalue weighted by molar-refractivity contribution is 0.532. The molecular formula is C11H16F2N2O2S. The van der Waals surface area contributed by atoms with Crippen molar-refractivity contribution >= 4 is 10.0 Å². The maximum Gasteiger partial charge on any atom is 0.243 e. The maximum absolute atomic E-state index is 13.3. The largest absolute Gasteiger partial charge is 0.327 e. The van der Waals surface area contributed by atoms with E-state index in [4.69, 9.17) is 5.73 Å². The van der Waals surface area contributed by atoms with Gasteiger partial charge >= 0.3 is 0 Å². The molecule has 0 spiro atoms. The van der Waals surface area contributed by atoms with E-state index in [-0.39, 0.29) is 12.6 Å². The summed E-state index contributed by atoms with van der Waals surface area (Å²) >= 11 is 0.